The highest BCUT2D eigenvalue weighted by atomic mass is 16.4. The summed E-state index contributed by atoms with van der Waals surface area (Å²) in [5.41, 5.74) is 32.8. The highest BCUT2D eigenvalue weighted by Gasteiger charge is 2.43. The molecule has 25 heteroatoms. The minimum Gasteiger partial charge on any atom is -0.480 e. The van der Waals surface area contributed by atoms with E-state index in [1.807, 2.05) is 84.9 Å². The fourth-order valence-electron chi connectivity index (χ4n) is 12.9. The second-order valence-electron chi connectivity index (χ2n) is 24.9. The van der Waals surface area contributed by atoms with Crippen molar-refractivity contribution in [1.29, 1.82) is 0 Å². The zero-order chi connectivity index (χ0) is 66.2. The molecule has 3 fully saturated rings. The summed E-state index contributed by atoms with van der Waals surface area (Å²) in [5, 5.41) is 29.6. The molecule has 1 unspecified atom stereocenters. The molecule has 2 heterocycles. The fraction of sp³-hybridized carbons (Fsp3) is 0.485. The van der Waals surface area contributed by atoms with Gasteiger partial charge in [-0.3, -0.25) is 43.5 Å². The van der Waals surface area contributed by atoms with Gasteiger partial charge in [-0.2, -0.15) is 0 Å². The number of aliphatic carboxylic acids is 1. The highest BCUT2D eigenvalue weighted by molar-refractivity contribution is 5.98. The standard InChI is InChI=1S/C68H92N16O9/c69-51(36-44-28-31-46-19-10-11-22-49(46)35-44)59(85)78-53(24-13-33-76-68(72)73)61(87)83-58(48-20-8-3-9-21-48)65(91)84-34-14-25-57(84)64(90)81-54(37-42-15-4-1-5-16-42)62(88)80-55(39-50-40-74-41-77-50)63(89)79-52(23-12-32-75-67(70)71)60(86)82-56(66(92)93)38-43-26-29-47(30-27-43)45-17-6-2-7-18-45/h2,6-7,10-11,17-19,22,26-31,35,40-42,48,51-58H,1,3-5,8-9,12-16,20-21,23-25,32-34,36-39,69H2,(H,74,77)(H,78,85)(H,79,89)(H,80,88)(H,81,90)(H,82,86)(H,83,87)(H,92,93)(H4,70,71,75)(H4,72,73,76)/t51-,52-,53-,54-,55-,56-,57-,58?/m0/s1. The monoisotopic (exact) mass is 1280 g/mol. The number of carboxylic acid groups (broad SMARTS) is 1. The fourth-order valence-corrected chi connectivity index (χ4v) is 12.9. The zero-order valence-electron chi connectivity index (χ0n) is 52.8. The first kappa shape index (κ1) is 69.5. The number of aromatic nitrogens is 2. The van der Waals surface area contributed by atoms with Crippen molar-refractivity contribution >= 4 is 70.0 Å². The van der Waals surface area contributed by atoms with Crippen molar-refractivity contribution in [3.05, 3.63) is 126 Å². The van der Waals surface area contributed by atoms with Crippen LogP contribution in [-0.2, 0) is 57.6 Å². The summed E-state index contributed by atoms with van der Waals surface area (Å²) in [6.07, 6.45) is 12.7. The Balaban J connectivity index is 0.983. The Labute approximate surface area is 542 Å². The number of H-pyrrole nitrogens is 1. The SMILES string of the molecule is NC(N)=NCCC[C@H](NC(=O)[C@H](Cc1cnc[nH]1)NC(=O)[C@H](CC1CCCCC1)NC(=O)[C@@H]1CCCN1C(=O)C(NC(=O)[C@H](CCCN=C(N)N)NC(=O)[C@@H](N)Cc1ccc2ccccc2c1)C1CCCCC1)C(=O)N[C@@H](Cc1ccc(-c2ccccc2)cc1)C(=O)O. The Bertz CT molecular complexity index is 3360. The van der Waals surface area contributed by atoms with Crippen molar-refractivity contribution in [3.8, 4) is 11.1 Å². The molecule has 2 saturated carbocycles. The van der Waals surface area contributed by atoms with Crippen molar-refractivity contribution in [1.82, 2.24) is 46.8 Å². The molecule has 0 bridgehead atoms. The summed E-state index contributed by atoms with van der Waals surface area (Å²) in [6, 6.07) is 21.2. The lowest BCUT2D eigenvalue weighted by Gasteiger charge is -2.36. The molecule has 0 radical (unpaired) electrons. The average Bonchev–Trinajstić information content (AvgIpc) is 1.82. The molecule has 498 valence electrons. The topological polar surface area (TPSA) is 416 Å². The van der Waals surface area contributed by atoms with Gasteiger partial charge in [0.05, 0.1) is 12.4 Å². The van der Waals surface area contributed by atoms with Gasteiger partial charge in [-0.05, 0) is 109 Å². The number of hydrogen-bond donors (Lipinski definition) is 13. The number of rotatable bonds is 32. The largest absolute Gasteiger partial charge is 0.480 e. The van der Waals surface area contributed by atoms with E-state index in [9.17, 15) is 33.9 Å². The van der Waals surface area contributed by atoms with Gasteiger partial charge in [-0.25, -0.2) is 9.78 Å². The number of likely N-dealkylation sites (tertiary alicyclic amines) is 1. The number of hydrogen-bond acceptors (Lipinski definition) is 12. The van der Waals surface area contributed by atoms with E-state index in [2.05, 4.69) is 51.9 Å². The lowest BCUT2D eigenvalue weighted by molar-refractivity contribution is -0.144. The van der Waals surface area contributed by atoms with Crippen molar-refractivity contribution in [3.63, 3.8) is 0 Å². The smallest absolute Gasteiger partial charge is 0.326 e. The van der Waals surface area contributed by atoms with Crippen LogP contribution in [0.5, 0.6) is 0 Å². The van der Waals surface area contributed by atoms with Gasteiger partial charge in [0.15, 0.2) is 11.9 Å². The molecule has 93 heavy (non-hydrogen) atoms. The molecule has 8 atom stereocenters. The van der Waals surface area contributed by atoms with E-state index in [-0.39, 0.29) is 94.8 Å². The van der Waals surface area contributed by atoms with Crippen molar-refractivity contribution in [2.75, 3.05) is 19.6 Å². The number of benzene rings is 4. The van der Waals surface area contributed by atoms with Crippen LogP contribution in [0.1, 0.15) is 126 Å². The predicted molar refractivity (Wildman–Crippen MR) is 355 cm³/mol. The van der Waals surface area contributed by atoms with Crippen LogP contribution >= 0.6 is 0 Å². The van der Waals surface area contributed by atoms with Gasteiger partial charge in [-0.15, -0.1) is 0 Å². The van der Waals surface area contributed by atoms with Gasteiger partial charge in [0.1, 0.15) is 42.3 Å². The maximum Gasteiger partial charge on any atom is 0.326 e. The van der Waals surface area contributed by atoms with Crippen molar-refractivity contribution < 1.29 is 43.5 Å². The Morgan fingerprint density at radius 3 is 1.75 bits per heavy atom. The van der Waals surface area contributed by atoms with E-state index in [4.69, 9.17) is 28.7 Å². The van der Waals surface area contributed by atoms with E-state index in [0.29, 0.717) is 36.9 Å². The molecule has 7 amide bonds. The molecular formula is C68H92N16O9. The molecule has 1 aromatic heterocycles. The van der Waals surface area contributed by atoms with Crippen molar-refractivity contribution in [2.24, 2.45) is 50.5 Å². The van der Waals surface area contributed by atoms with Crippen LogP contribution in [-0.4, -0.2) is 147 Å². The lowest BCUT2D eigenvalue weighted by Crippen LogP contribution is -2.61. The van der Waals surface area contributed by atoms with Gasteiger partial charge < -0.3 is 75.6 Å². The first-order valence-corrected chi connectivity index (χ1v) is 32.7. The number of carboxylic acids is 1. The van der Waals surface area contributed by atoms with Crippen LogP contribution in [0.25, 0.3) is 21.9 Å². The summed E-state index contributed by atoms with van der Waals surface area (Å²) in [6.45, 7) is 0.450. The third kappa shape index (κ3) is 21.1. The summed E-state index contributed by atoms with van der Waals surface area (Å²) in [7, 11) is 0. The number of carbonyl (C=O) groups excluding carboxylic acids is 7. The lowest BCUT2D eigenvalue weighted by atomic mass is 9.83. The number of carbonyl (C=O) groups is 8. The van der Waals surface area contributed by atoms with Gasteiger partial charge >= 0.3 is 5.97 Å². The quantitative estimate of drug-likeness (QED) is 0.0167. The van der Waals surface area contributed by atoms with Crippen LogP contribution in [0, 0.1) is 11.8 Å². The second-order valence-corrected chi connectivity index (χ2v) is 24.9. The number of nitrogens with one attached hydrogen (secondary N) is 7. The summed E-state index contributed by atoms with van der Waals surface area (Å²) < 4.78 is 0. The summed E-state index contributed by atoms with van der Waals surface area (Å²) >= 11 is 0. The molecule has 25 nitrogen and oxygen atoms in total. The number of aliphatic imine (C=N–C) groups is 2. The van der Waals surface area contributed by atoms with Crippen LogP contribution in [0.3, 0.4) is 0 Å². The Morgan fingerprint density at radius 1 is 0.559 bits per heavy atom. The maximum absolute atomic E-state index is 15.2. The molecule has 8 rings (SSSR count). The van der Waals surface area contributed by atoms with E-state index in [1.54, 1.807) is 12.1 Å². The minimum atomic E-state index is -1.40. The van der Waals surface area contributed by atoms with Gasteiger partial charge in [0, 0.05) is 44.4 Å². The van der Waals surface area contributed by atoms with Gasteiger partial charge in [0.2, 0.25) is 41.4 Å². The minimum absolute atomic E-state index is 0.0285. The predicted octanol–water partition coefficient (Wildman–Crippen LogP) is 3.23. The van der Waals surface area contributed by atoms with E-state index in [1.165, 1.54) is 17.4 Å². The molecule has 1 aliphatic heterocycles. The van der Waals surface area contributed by atoms with Crippen molar-refractivity contribution in [2.45, 2.75) is 177 Å². The van der Waals surface area contributed by atoms with Gasteiger partial charge in [0.25, 0.3) is 0 Å². The Morgan fingerprint density at radius 2 is 1.12 bits per heavy atom. The number of nitrogens with zero attached hydrogens (tertiary/aromatic N) is 4. The summed E-state index contributed by atoms with van der Waals surface area (Å²) in [4.78, 5) is 132. The highest BCUT2D eigenvalue weighted by Crippen LogP contribution is 2.31. The average molecular weight is 1280 g/mol. The number of aromatic amines is 1. The first-order valence-electron chi connectivity index (χ1n) is 32.7. The number of imidazole rings is 1. The molecule has 18 N–H and O–H groups in total. The molecule has 5 aromatic rings. The first-order chi connectivity index (χ1) is 44.9. The number of amides is 7. The molecule has 4 aromatic carbocycles. The Hall–Kier alpha value is -9.39. The molecule has 2 aliphatic carbocycles. The third-order valence-corrected chi connectivity index (χ3v) is 17.9. The van der Waals surface area contributed by atoms with Crippen LogP contribution in [0.2, 0.25) is 0 Å². The zero-order valence-corrected chi connectivity index (χ0v) is 52.8. The summed E-state index contributed by atoms with van der Waals surface area (Å²) in [5.74, 6) is -6.33. The van der Waals surface area contributed by atoms with Crippen LogP contribution in [0.4, 0.5) is 0 Å². The Kier molecular flexibility index (Phi) is 26.1. The van der Waals surface area contributed by atoms with E-state index >= 15 is 9.59 Å². The number of guanidine groups is 2. The molecule has 1 saturated heterocycles. The van der Waals surface area contributed by atoms with Crippen LogP contribution in [0.15, 0.2) is 120 Å². The van der Waals surface area contributed by atoms with Crippen LogP contribution < -0.4 is 60.6 Å². The number of fused-ring (bicyclic) bond motifs is 1. The van der Waals surface area contributed by atoms with Gasteiger partial charge in [-0.1, -0.05) is 148 Å². The molecular weight excluding hydrogens is 1180 g/mol. The molecule has 0 spiro atoms. The number of nitrogens with two attached hydrogens (primary N) is 5. The van der Waals surface area contributed by atoms with E-state index < -0.39 is 95.7 Å². The normalized spacial score (nSPS) is 17.4. The third-order valence-electron chi connectivity index (χ3n) is 17.9. The van der Waals surface area contributed by atoms with E-state index in [0.717, 1.165) is 78.8 Å². The second kappa shape index (κ2) is 34.9. The maximum atomic E-state index is 15.2. The molecule has 3 aliphatic rings.